The van der Waals surface area contributed by atoms with E-state index in [1.54, 1.807) is 6.07 Å². The number of hydrogen-bond donors (Lipinski definition) is 4. The molecule has 6 N–H and O–H groups in total. The lowest BCUT2D eigenvalue weighted by atomic mass is 10.1. The molecule has 1 fully saturated rings. The molecule has 32 heavy (non-hydrogen) atoms. The van der Waals surface area contributed by atoms with E-state index in [0.717, 1.165) is 18.9 Å². The van der Waals surface area contributed by atoms with E-state index < -0.39 is 23.2 Å². The van der Waals surface area contributed by atoms with Gasteiger partial charge in [-0.2, -0.15) is 15.1 Å². The number of nitrogens with zero attached hydrogens (tertiary/aromatic N) is 5. The molecule has 5 rings (SSSR count). The number of hydrogen-bond acceptors (Lipinski definition) is 8. The van der Waals surface area contributed by atoms with Crippen LogP contribution in [0.1, 0.15) is 24.7 Å². The predicted octanol–water partition coefficient (Wildman–Crippen LogP) is 2.56. The lowest BCUT2D eigenvalue weighted by molar-refractivity contribution is 0.580. The fourth-order valence-corrected chi connectivity index (χ4v) is 3.73. The number of halogens is 3. The normalized spacial score (nSPS) is 14.6. The second kappa shape index (κ2) is 7.41. The molecule has 1 aliphatic carbocycles. The zero-order valence-electron chi connectivity index (χ0n) is 16.3. The standard InChI is InChI=1S/C19H16ClF2N9O/c20-12-15(23)28-19(24)29-16(12)26-13(7-1-2-7)17-27-14-9(5-8(21)6-10(14)22)18(32)31(17)11-3-4-25-30-11/h3-7,13H,1-2H2,(H,25,30)(H5,23,24,26,28,29)/t13-/m0/s1. The molecule has 1 saturated carbocycles. The Kier molecular flexibility index (Phi) is 4.66. The van der Waals surface area contributed by atoms with Gasteiger partial charge in [0.1, 0.15) is 33.8 Å². The number of benzene rings is 1. The Balaban J connectivity index is 1.76. The Morgan fingerprint density at radius 1 is 1.22 bits per heavy atom. The van der Waals surface area contributed by atoms with Crippen LogP contribution in [0.2, 0.25) is 5.02 Å². The van der Waals surface area contributed by atoms with Gasteiger partial charge in [0.05, 0.1) is 17.6 Å². The Morgan fingerprint density at radius 3 is 2.69 bits per heavy atom. The summed E-state index contributed by atoms with van der Waals surface area (Å²) in [6, 6.07) is 2.56. The van der Waals surface area contributed by atoms with Crippen LogP contribution < -0.4 is 22.3 Å². The van der Waals surface area contributed by atoms with Crippen LogP contribution in [0, 0.1) is 17.6 Å². The van der Waals surface area contributed by atoms with Crippen molar-refractivity contribution in [2.24, 2.45) is 5.92 Å². The molecule has 0 unspecified atom stereocenters. The van der Waals surface area contributed by atoms with Crippen molar-refractivity contribution in [2.75, 3.05) is 16.8 Å². The third-order valence-electron chi connectivity index (χ3n) is 5.20. The minimum absolute atomic E-state index is 0.0184. The topological polar surface area (TPSA) is 153 Å². The highest BCUT2D eigenvalue weighted by molar-refractivity contribution is 6.35. The number of nitrogens with two attached hydrogens (primary N) is 2. The summed E-state index contributed by atoms with van der Waals surface area (Å²) in [5, 5.41) is 9.57. The summed E-state index contributed by atoms with van der Waals surface area (Å²) >= 11 is 6.26. The van der Waals surface area contributed by atoms with Crippen LogP contribution in [0.5, 0.6) is 0 Å². The third kappa shape index (κ3) is 3.38. The Labute approximate surface area is 183 Å². The van der Waals surface area contributed by atoms with Crippen molar-refractivity contribution in [1.29, 1.82) is 0 Å². The molecule has 1 atom stereocenters. The molecule has 1 aromatic carbocycles. The smallest absolute Gasteiger partial charge is 0.267 e. The van der Waals surface area contributed by atoms with Gasteiger partial charge in [0.2, 0.25) is 5.95 Å². The Bertz CT molecular complexity index is 1400. The monoisotopic (exact) mass is 459 g/mol. The number of rotatable bonds is 5. The molecule has 164 valence electrons. The van der Waals surface area contributed by atoms with E-state index in [2.05, 4.69) is 30.5 Å². The van der Waals surface area contributed by atoms with Gasteiger partial charge in [-0.15, -0.1) is 0 Å². The second-order valence-electron chi connectivity index (χ2n) is 7.43. The van der Waals surface area contributed by atoms with E-state index in [-0.39, 0.29) is 51.1 Å². The second-order valence-corrected chi connectivity index (χ2v) is 7.80. The zero-order chi connectivity index (χ0) is 22.6. The average Bonchev–Trinajstić information content (AvgIpc) is 3.44. The minimum atomic E-state index is -0.946. The van der Waals surface area contributed by atoms with Crippen molar-refractivity contribution in [3.8, 4) is 5.82 Å². The van der Waals surface area contributed by atoms with E-state index in [9.17, 15) is 13.6 Å². The summed E-state index contributed by atoms with van der Waals surface area (Å²) < 4.78 is 29.7. The van der Waals surface area contributed by atoms with Gasteiger partial charge in [0.15, 0.2) is 11.6 Å². The first-order valence-corrected chi connectivity index (χ1v) is 9.97. The predicted molar refractivity (Wildman–Crippen MR) is 114 cm³/mol. The van der Waals surface area contributed by atoms with Crippen LogP contribution in [-0.4, -0.2) is 29.7 Å². The first kappa shape index (κ1) is 20.1. The number of aromatic amines is 1. The molecule has 1 aliphatic rings. The summed E-state index contributed by atoms with van der Waals surface area (Å²) in [4.78, 5) is 25.7. The van der Waals surface area contributed by atoms with Gasteiger partial charge in [0.25, 0.3) is 5.56 Å². The van der Waals surface area contributed by atoms with E-state index in [1.165, 1.54) is 10.8 Å². The molecule has 4 aromatic rings. The maximum Gasteiger partial charge on any atom is 0.267 e. The number of fused-ring (bicyclic) bond motifs is 1. The molecule has 0 amide bonds. The summed E-state index contributed by atoms with van der Waals surface area (Å²) in [7, 11) is 0. The number of nitrogen functional groups attached to an aromatic ring is 2. The summed E-state index contributed by atoms with van der Waals surface area (Å²) in [5.41, 5.74) is 10.6. The molecule has 0 spiro atoms. The summed E-state index contributed by atoms with van der Waals surface area (Å²) in [5.74, 6) is -1.30. The van der Waals surface area contributed by atoms with Gasteiger partial charge in [-0.1, -0.05) is 11.6 Å². The highest BCUT2D eigenvalue weighted by Crippen LogP contribution is 2.43. The summed E-state index contributed by atoms with van der Waals surface area (Å²) in [6.45, 7) is 0. The van der Waals surface area contributed by atoms with Gasteiger partial charge < -0.3 is 16.8 Å². The van der Waals surface area contributed by atoms with Crippen molar-refractivity contribution in [3.05, 3.63) is 57.2 Å². The van der Waals surface area contributed by atoms with E-state index >= 15 is 0 Å². The number of H-pyrrole nitrogens is 1. The molecular formula is C19H16ClF2N9O. The van der Waals surface area contributed by atoms with Crippen molar-refractivity contribution >= 4 is 40.1 Å². The van der Waals surface area contributed by atoms with Crippen LogP contribution in [0.3, 0.4) is 0 Å². The average molecular weight is 460 g/mol. The highest BCUT2D eigenvalue weighted by Gasteiger charge is 2.37. The fraction of sp³-hybridized carbons (Fsp3) is 0.211. The van der Waals surface area contributed by atoms with Crippen LogP contribution in [-0.2, 0) is 0 Å². The lowest BCUT2D eigenvalue weighted by Gasteiger charge is -2.23. The Morgan fingerprint density at radius 2 is 2.00 bits per heavy atom. The Hall–Kier alpha value is -3.80. The quantitative estimate of drug-likeness (QED) is 0.355. The number of anilines is 3. The van der Waals surface area contributed by atoms with Crippen molar-refractivity contribution in [2.45, 2.75) is 18.9 Å². The van der Waals surface area contributed by atoms with Crippen LogP contribution in [0.15, 0.2) is 29.2 Å². The van der Waals surface area contributed by atoms with E-state index in [0.29, 0.717) is 6.07 Å². The SMILES string of the molecule is Nc1nc(N)c(Cl)c(N[C@H](c2nc3c(F)cc(F)cc3c(=O)n2-c2ccn[nH]2)C2CC2)n1. The molecule has 3 heterocycles. The number of nitrogens with one attached hydrogen (secondary N) is 2. The fourth-order valence-electron chi connectivity index (χ4n) is 3.59. The van der Waals surface area contributed by atoms with Crippen LogP contribution in [0.4, 0.5) is 26.4 Å². The van der Waals surface area contributed by atoms with Gasteiger partial charge in [-0.3, -0.25) is 9.89 Å². The van der Waals surface area contributed by atoms with Crippen molar-refractivity contribution in [3.63, 3.8) is 0 Å². The lowest BCUT2D eigenvalue weighted by Crippen LogP contribution is -2.30. The third-order valence-corrected chi connectivity index (χ3v) is 5.57. The van der Waals surface area contributed by atoms with Crippen molar-refractivity contribution < 1.29 is 8.78 Å². The summed E-state index contributed by atoms with van der Waals surface area (Å²) in [6.07, 6.45) is 3.08. The first-order chi connectivity index (χ1) is 15.3. The largest absolute Gasteiger partial charge is 0.382 e. The van der Waals surface area contributed by atoms with Crippen molar-refractivity contribution in [1.82, 2.24) is 29.7 Å². The zero-order valence-corrected chi connectivity index (χ0v) is 17.1. The molecule has 0 bridgehead atoms. The molecule has 0 radical (unpaired) electrons. The van der Waals surface area contributed by atoms with E-state index in [4.69, 9.17) is 23.1 Å². The van der Waals surface area contributed by atoms with Gasteiger partial charge >= 0.3 is 0 Å². The van der Waals surface area contributed by atoms with Gasteiger partial charge in [0, 0.05) is 12.1 Å². The molecular weight excluding hydrogens is 444 g/mol. The molecule has 13 heteroatoms. The van der Waals surface area contributed by atoms with Crippen LogP contribution >= 0.6 is 11.6 Å². The molecule has 3 aromatic heterocycles. The van der Waals surface area contributed by atoms with E-state index in [1.807, 2.05) is 0 Å². The molecule has 0 saturated heterocycles. The van der Waals surface area contributed by atoms with Gasteiger partial charge in [-0.05, 0) is 24.8 Å². The highest BCUT2D eigenvalue weighted by atomic mass is 35.5. The maximum atomic E-state index is 14.6. The maximum absolute atomic E-state index is 14.6. The number of aromatic nitrogens is 6. The van der Waals surface area contributed by atoms with Crippen LogP contribution in [0.25, 0.3) is 16.7 Å². The molecule has 0 aliphatic heterocycles. The van der Waals surface area contributed by atoms with Gasteiger partial charge in [-0.25, -0.2) is 18.3 Å². The molecule has 10 nitrogen and oxygen atoms in total. The first-order valence-electron chi connectivity index (χ1n) is 9.60. The minimum Gasteiger partial charge on any atom is -0.382 e.